The van der Waals surface area contributed by atoms with Gasteiger partial charge in [0.1, 0.15) is 13.1 Å². The number of hydrogen-bond acceptors (Lipinski definition) is 0. The molecule has 25 heavy (non-hydrogen) atoms. The van der Waals surface area contributed by atoms with Crippen LogP contribution in [0.2, 0.25) is 0 Å². The molecule has 2 aliphatic rings. The molecule has 2 atom stereocenters. The third-order valence-electron chi connectivity index (χ3n) is 6.32. The van der Waals surface area contributed by atoms with E-state index in [4.69, 9.17) is 0 Å². The number of hydrogen-bond donors (Lipinski definition) is 2. The van der Waals surface area contributed by atoms with Gasteiger partial charge in [-0.25, -0.2) is 0 Å². The molecule has 2 heterocycles. The van der Waals surface area contributed by atoms with Gasteiger partial charge >= 0.3 is 0 Å². The minimum absolute atomic E-state index is 0.588. The van der Waals surface area contributed by atoms with Crippen LogP contribution in [0.1, 0.15) is 36.8 Å². The smallest absolute Gasteiger partial charge is 0.103 e. The molecule has 0 aliphatic carbocycles. The van der Waals surface area contributed by atoms with Gasteiger partial charge in [-0.05, 0) is 25.7 Å². The van der Waals surface area contributed by atoms with E-state index < -0.39 is 0 Å². The third kappa shape index (κ3) is 4.31. The highest BCUT2D eigenvalue weighted by Gasteiger charge is 2.43. The van der Waals surface area contributed by atoms with Crippen molar-refractivity contribution in [2.75, 3.05) is 26.2 Å². The van der Waals surface area contributed by atoms with E-state index in [9.17, 15) is 0 Å². The maximum absolute atomic E-state index is 2.29. The maximum Gasteiger partial charge on any atom is 0.103 e. The molecule has 2 aliphatic heterocycles. The molecular weight excluding hydrogens is 304 g/mol. The fourth-order valence-corrected chi connectivity index (χ4v) is 5.28. The second kappa shape index (κ2) is 7.72. The summed E-state index contributed by atoms with van der Waals surface area (Å²) in [6, 6.07) is 22.2. The quantitative estimate of drug-likeness (QED) is 0.841. The Morgan fingerprint density at radius 3 is 1.52 bits per heavy atom. The monoisotopic (exact) mass is 336 g/mol. The number of quaternary nitrogens is 2. The summed E-state index contributed by atoms with van der Waals surface area (Å²) < 4.78 is 0. The van der Waals surface area contributed by atoms with E-state index in [1.807, 2.05) is 0 Å². The van der Waals surface area contributed by atoms with Crippen LogP contribution >= 0.6 is 0 Å². The summed E-state index contributed by atoms with van der Waals surface area (Å²) in [5.41, 5.74) is 3.59. The van der Waals surface area contributed by atoms with Crippen LogP contribution in [-0.2, 0) is 13.1 Å². The van der Waals surface area contributed by atoms with Crippen molar-refractivity contribution in [2.45, 2.75) is 38.8 Å². The number of rotatable bonds is 4. The van der Waals surface area contributed by atoms with Gasteiger partial charge in [-0.15, -0.1) is 0 Å². The van der Waals surface area contributed by atoms with Gasteiger partial charge in [-0.2, -0.15) is 0 Å². The number of piperidine rings is 2. The summed E-state index contributed by atoms with van der Waals surface area (Å²) in [6.45, 7) is 7.86. The first kappa shape index (κ1) is 16.8. The predicted octanol–water partition coefficient (Wildman–Crippen LogP) is 1.73. The molecule has 2 aromatic carbocycles. The van der Waals surface area contributed by atoms with Gasteiger partial charge in [-0.3, -0.25) is 0 Å². The van der Waals surface area contributed by atoms with Crippen LogP contribution in [0.4, 0.5) is 0 Å². The van der Waals surface area contributed by atoms with Crippen LogP contribution in [0.25, 0.3) is 0 Å². The van der Waals surface area contributed by atoms with E-state index in [0.29, 0.717) is 5.41 Å². The Labute approximate surface area is 152 Å². The number of nitrogens with one attached hydrogen (secondary N) is 2. The Bertz CT molecular complexity index is 593. The molecule has 0 amide bonds. The minimum atomic E-state index is 0.588. The lowest BCUT2D eigenvalue weighted by molar-refractivity contribution is -0.955. The van der Waals surface area contributed by atoms with E-state index in [1.54, 1.807) is 9.80 Å². The van der Waals surface area contributed by atoms with Gasteiger partial charge in [0.2, 0.25) is 0 Å². The molecule has 0 radical (unpaired) electrons. The first-order chi connectivity index (χ1) is 12.3. The van der Waals surface area contributed by atoms with Crippen LogP contribution < -0.4 is 9.80 Å². The molecule has 2 saturated heterocycles. The normalized spacial score (nSPS) is 29.6. The molecule has 2 heteroatoms. The zero-order valence-electron chi connectivity index (χ0n) is 15.3. The van der Waals surface area contributed by atoms with E-state index in [1.165, 1.54) is 76.1 Å². The van der Waals surface area contributed by atoms with Crippen LogP contribution in [0, 0.1) is 5.41 Å². The lowest BCUT2D eigenvalue weighted by Gasteiger charge is -2.44. The van der Waals surface area contributed by atoms with Crippen molar-refractivity contribution in [3.05, 3.63) is 71.8 Å². The molecule has 0 bridgehead atoms. The summed E-state index contributed by atoms with van der Waals surface area (Å²) in [7, 11) is 0. The van der Waals surface area contributed by atoms with Crippen molar-refractivity contribution in [2.24, 2.45) is 5.41 Å². The topological polar surface area (TPSA) is 8.88 Å². The molecule has 1 spiro atoms. The fraction of sp³-hybridized carbons (Fsp3) is 0.478. The molecule has 0 saturated carbocycles. The van der Waals surface area contributed by atoms with Gasteiger partial charge in [0.05, 0.1) is 31.6 Å². The molecule has 2 fully saturated rings. The van der Waals surface area contributed by atoms with Gasteiger partial charge in [0.15, 0.2) is 0 Å². The van der Waals surface area contributed by atoms with Gasteiger partial charge in [-0.1, -0.05) is 60.7 Å². The molecular formula is C23H32N2+2. The summed E-state index contributed by atoms with van der Waals surface area (Å²) in [6.07, 6.45) is 5.70. The zero-order chi connectivity index (χ0) is 17.0. The largest absolute Gasteiger partial charge is 0.331 e. The molecule has 132 valence electrons. The summed E-state index contributed by atoms with van der Waals surface area (Å²) in [5, 5.41) is 0. The SMILES string of the molecule is c1ccc(C[NH+]2CCCC3(CCC[NH+](Cc4ccccc4)C3)C2)cc1. The van der Waals surface area contributed by atoms with Crippen LogP contribution in [0.3, 0.4) is 0 Å². The Morgan fingerprint density at radius 1 is 0.640 bits per heavy atom. The molecule has 4 rings (SSSR count). The average Bonchev–Trinajstić information content (AvgIpc) is 2.64. The Balaban J connectivity index is 1.40. The molecule has 2 aromatic rings. The van der Waals surface area contributed by atoms with Crippen LogP contribution in [0.15, 0.2) is 60.7 Å². The highest BCUT2D eigenvalue weighted by atomic mass is 15.2. The van der Waals surface area contributed by atoms with E-state index >= 15 is 0 Å². The van der Waals surface area contributed by atoms with Crippen LogP contribution in [0.5, 0.6) is 0 Å². The standard InChI is InChI=1S/C23H30N2/c1-3-9-21(10-4-1)17-24-15-7-13-23(19-24)14-8-16-25(20-23)18-22-11-5-2-6-12-22/h1-6,9-12H,7-8,13-20H2/p+2. The van der Waals surface area contributed by atoms with Gasteiger partial charge < -0.3 is 9.80 Å². The highest BCUT2D eigenvalue weighted by Crippen LogP contribution is 2.30. The molecule has 0 aromatic heterocycles. The van der Waals surface area contributed by atoms with E-state index in [0.717, 1.165) is 0 Å². The summed E-state index contributed by atoms with van der Waals surface area (Å²) in [4.78, 5) is 3.61. The predicted molar refractivity (Wildman–Crippen MR) is 103 cm³/mol. The van der Waals surface area contributed by atoms with Crippen LogP contribution in [-0.4, -0.2) is 26.2 Å². The van der Waals surface area contributed by atoms with E-state index in [-0.39, 0.29) is 0 Å². The maximum atomic E-state index is 2.29. The van der Waals surface area contributed by atoms with Crippen molar-refractivity contribution < 1.29 is 9.80 Å². The third-order valence-corrected chi connectivity index (χ3v) is 6.32. The molecule has 2 nitrogen and oxygen atoms in total. The lowest BCUT2D eigenvalue weighted by Crippen LogP contribution is -3.18. The lowest BCUT2D eigenvalue weighted by atomic mass is 9.73. The summed E-state index contributed by atoms with van der Waals surface area (Å²) in [5.74, 6) is 0. The zero-order valence-corrected chi connectivity index (χ0v) is 15.3. The van der Waals surface area contributed by atoms with Crippen molar-refractivity contribution >= 4 is 0 Å². The summed E-state index contributed by atoms with van der Waals surface area (Å²) >= 11 is 0. The second-order valence-electron chi connectivity index (χ2n) is 8.39. The van der Waals surface area contributed by atoms with Crippen molar-refractivity contribution in [3.63, 3.8) is 0 Å². The average molecular weight is 337 g/mol. The second-order valence-corrected chi connectivity index (χ2v) is 8.39. The fourth-order valence-electron chi connectivity index (χ4n) is 5.28. The van der Waals surface area contributed by atoms with Gasteiger partial charge in [0.25, 0.3) is 0 Å². The Morgan fingerprint density at radius 2 is 1.08 bits per heavy atom. The molecule has 2 unspecified atom stereocenters. The Kier molecular flexibility index (Phi) is 5.19. The Hall–Kier alpha value is -1.64. The molecule has 2 N–H and O–H groups in total. The van der Waals surface area contributed by atoms with Crippen molar-refractivity contribution in [3.8, 4) is 0 Å². The minimum Gasteiger partial charge on any atom is -0.331 e. The van der Waals surface area contributed by atoms with Crippen molar-refractivity contribution in [1.29, 1.82) is 0 Å². The highest BCUT2D eigenvalue weighted by molar-refractivity contribution is 5.14. The first-order valence-corrected chi connectivity index (χ1v) is 10.1. The first-order valence-electron chi connectivity index (χ1n) is 10.1. The van der Waals surface area contributed by atoms with Crippen molar-refractivity contribution in [1.82, 2.24) is 0 Å². The van der Waals surface area contributed by atoms with Gasteiger partial charge in [0, 0.05) is 11.1 Å². The van der Waals surface area contributed by atoms with E-state index in [2.05, 4.69) is 60.7 Å². The number of benzene rings is 2. The number of likely N-dealkylation sites (tertiary alicyclic amines) is 2.